The summed E-state index contributed by atoms with van der Waals surface area (Å²) in [5.41, 5.74) is 1.07. The molecule has 1 aromatic heterocycles. The normalized spacial score (nSPS) is 22.5. The Morgan fingerprint density at radius 1 is 1.03 bits per heavy atom. The van der Waals surface area contributed by atoms with Gasteiger partial charge in [0, 0.05) is 28.7 Å². The van der Waals surface area contributed by atoms with E-state index in [1.54, 1.807) is 4.90 Å². The Kier molecular flexibility index (Phi) is 4.60. The number of anilines is 1. The Balaban J connectivity index is 1.48. The Morgan fingerprint density at radius 3 is 2.61 bits per heavy atom. The van der Waals surface area contributed by atoms with Crippen LogP contribution in [0.5, 0.6) is 11.5 Å². The molecule has 0 unspecified atom stereocenters. The minimum Gasteiger partial charge on any atom is -0.486 e. The maximum atomic E-state index is 14.0. The highest BCUT2D eigenvalue weighted by Crippen LogP contribution is 2.40. The molecule has 0 radical (unpaired) electrons. The van der Waals surface area contributed by atoms with Crippen molar-refractivity contribution in [3.63, 3.8) is 0 Å². The molecule has 1 saturated carbocycles. The van der Waals surface area contributed by atoms with Gasteiger partial charge in [-0.15, -0.1) is 0 Å². The van der Waals surface area contributed by atoms with Gasteiger partial charge in [-0.05, 0) is 44.0 Å². The highest BCUT2D eigenvalue weighted by atomic mass is 16.6. The van der Waals surface area contributed by atoms with Crippen LogP contribution in [0.25, 0.3) is 10.9 Å². The van der Waals surface area contributed by atoms with Crippen LogP contribution in [0, 0.1) is 0 Å². The standard InChI is InChI=1S/C26H27N3O4/c1-26(25(31)27-18-7-3-4-8-18)16-28-20-9-5-2-6-17(20)14-21(28)24(30)29(26)19-10-11-22-23(15-19)33-13-12-32-22/h2,5-6,9-11,14-15,18H,3-4,7-8,12-13,16H2,1H3,(H,27,31)/t26-/m1/s1. The van der Waals surface area contributed by atoms with Crippen LogP contribution in [0.15, 0.2) is 48.5 Å². The molecule has 2 aliphatic heterocycles. The monoisotopic (exact) mass is 445 g/mol. The molecule has 2 amide bonds. The zero-order valence-corrected chi connectivity index (χ0v) is 18.7. The summed E-state index contributed by atoms with van der Waals surface area (Å²) in [7, 11) is 0. The molecule has 1 N–H and O–H groups in total. The fraction of sp³-hybridized carbons (Fsp3) is 0.385. The van der Waals surface area contributed by atoms with E-state index in [4.69, 9.17) is 9.47 Å². The molecule has 7 heteroatoms. The maximum absolute atomic E-state index is 14.0. The van der Waals surface area contributed by atoms with Crippen molar-refractivity contribution in [2.24, 2.45) is 0 Å². The number of aromatic nitrogens is 1. The molecular weight excluding hydrogens is 418 g/mol. The molecule has 0 saturated heterocycles. The zero-order valence-electron chi connectivity index (χ0n) is 18.7. The van der Waals surface area contributed by atoms with Gasteiger partial charge in [0.2, 0.25) is 5.91 Å². The minimum atomic E-state index is -1.10. The van der Waals surface area contributed by atoms with Crippen LogP contribution in [0.4, 0.5) is 5.69 Å². The van der Waals surface area contributed by atoms with Crippen molar-refractivity contribution in [3.8, 4) is 11.5 Å². The summed E-state index contributed by atoms with van der Waals surface area (Å²) < 4.78 is 13.4. The fourth-order valence-electron chi connectivity index (χ4n) is 5.43. The first-order valence-electron chi connectivity index (χ1n) is 11.7. The molecule has 33 heavy (non-hydrogen) atoms. The summed E-state index contributed by atoms with van der Waals surface area (Å²) in [6.07, 6.45) is 4.21. The molecule has 3 aromatic rings. The third kappa shape index (κ3) is 3.17. The quantitative estimate of drug-likeness (QED) is 0.664. The number of hydrogen-bond acceptors (Lipinski definition) is 4. The topological polar surface area (TPSA) is 72.8 Å². The van der Waals surface area contributed by atoms with Gasteiger partial charge in [0.05, 0.1) is 6.54 Å². The Morgan fingerprint density at radius 2 is 1.79 bits per heavy atom. The third-order valence-electron chi connectivity index (χ3n) is 7.16. The number of amides is 2. The average molecular weight is 446 g/mol. The molecule has 2 aromatic carbocycles. The number of carbonyl (C=O) groups excluding carboxylic acids is 2. The van der Waals surface area contributed by atoms with Crippen LogP contribution in [0.1, 0.15) is 43.1 Å². The SMILES string of the molecule is C[C@]1(C(=O)NC2CCCC2)Cn2c(cc3ccccc32)C(=O)N1c1ccc2c(c1)OCCO2. The van der Waals surface area contributed by atoms with Crippen molar-refractivity contribution in [3.05, 3.63) is 54.2 Å². The largest absolute Gasteiger partial charge is 0.486 e. The van der Waals surface area contributed by atoms with Crippen LogP contribution in [0.2, 0.25) is 0 Å². The molecule has 6 rings (SSSR count). The number of hydrogen-bond donors (Lipinski definition) is 1. The predicted octanol–water partition coefficient (Wildman–Crippen LogP) is 3.89. The van der Waals surface area contributed by atoms with Gasteiger partial charge in [0.15, 0.2) is 11.5 Å². The summed E-state index contributed by atoms with van der Waals surface area (Å²) in [5.74, 6) is 0.927. The number of para-hydroxylation sites is 1. The second-order valence-corrected chi connectivity index (χ2v) is 9.37. The lowest BCUT2D eigenvalue weighted by atomic mass is 9.93. The fourth-order valence-corrected chi connectivity index (χ4v) is 5.43. The smallest absolute Gasteiger partial charge is 0.275 e. The number of carbonyl (C=O) groups is 2. The van der Waals surface area contributed by atoms with E-state index in [9.17, 15) is 9.59 Å². The summed E-state index contributed by atoms with van der Waals surface area (Å²) in [6, 6.07) is 15.5. The minimum absolute atomic E-state index is 0.124. The van der Waals surface area contributed by atoms with E-state index in [1.165, 1.54) is 0 Å². The van der Waals surface area contributed by atoms with Crippen molar-refractivity contribution >= 4 is 28.4 Å². The van der Waals surface area contributed by atoms with E-state index in [-0.39, 0.29) is 17.9 Å². The van der Waals surface area contributed by atoms with Crippen LogP contribution in [0.3, 0.4) is 0 Å². The Hall–Kier alpha value is -3.48. The van der Waals surface area contributed by atoms with Crippen LogP contribution in [-0.4, -0.2) is 41.2 Å². The molecule has 1 fully saturated rings. The van der Waals surface area contributed by atoms with Gasteiger partial charge in [-0.25, -0.2) is 0 Å². The molecule has 3 aliphatic rings. The Labute approximate surface area is 192 Å². The van der Waals surface area contributed by atoms with Gasteiger partial charge in [-0.1, -0.05) is 31.0 Å². The molecule has 170 valence electrons. The number of fused-ring (bicyclic) bond motifs is 4. The number of ether oxygens (including phenoxy) is 2. The highest BCUT2D eigenvalue weighted by Gasteiger charge is 2.49. The van der Waals surface area contributed by atoms with E-state index in [0.717, 1.165) is 36.6 Å². The van der Waals surface area contributed by atoms with Crippen LogP contribution < -0.4 is 19.7 Å². The molecule has 0 spiro atoms. The average Bonchev–Trinajstić information content (AvgIpc) is 3.47. The number of benzene rings is 2. The van der Waals surface area contributed by atoms with E-state index in [0.29, 0.717) is 42.6 Å². The first-order chi connectivity index (χ1) is 16.0. The van der Waals surface area contributed by atoms with Crippen molar-refractivity contribution in [2.75, 3.05) is 18.1 Å². The second-order valence-electron chi connectivity index (χ2n) is 9.37. The molecule has 3 heterocycles. The lowest BCUT2D eigenvalue weighted by Crippen LogP contribution is -2.65. The number of nitrogens with zero attached hydrogens (tertiary/aromatic N) is 2. The molecule has 1 aliphatic carbocycles. The second kappa shape index (κ2) is 7.54. The van der Waals surface area contributed by atoms with Gasteiger partial charge in [-0.2, -0.15) is 0 Å². The van der Waals surface area contributed by atoms with E-state index in [1.807, 2.05) is 60.0 Å². The van der Waals surface area contributed by atoms with Crippen molar-refractivity contribution in [1.29, 1.82) is 0 Å². The first-order valence-corrected chi connectivity index (χ1v) is 11.7. The third-order valence-corrected chi connectivity index (χ3v) is 7.16. The summed E-state index contributed by atoms with van der Waals surface area (Å²) in [5, 5.41) is 4.23. The summed E-state index contributed by atoms with van der Waals surface area (Å²) >= 11 is 0. The number of rotatable bonds is 3. The van der Waals surface area contributed by atoms with Crippen molar-refractivity contribution in [1.82, 2.24) is 9.88 Å². The maximum Gasteiger partial charge on any atom is 0.275 e. The first kappa shape index (κ1) is 20.1. The van der Waals surface area contributed by atoms with Gasteiger partial charge >= 0.3 is 0 Å². The van der Waals surface area contributed by atoms with Crippen molar-refractivity contribution in [2.45, 2.75) is 50.7 Å². The zero-order chi connectivity index (χ0) is 22.6. The molecule has 1 atom stereocenters. The van der Waals surface area contributed by atoms with E-state index in [2.05, 4.69) is 5.32 Å². The van der Waals surface area contributed by atoms with Crippen LogP contribution >= 0.6 is 0 Å². The molecule has 7 nitrogen and oxygen atoms in total. The Bertz CT molecular complexity index is 1260. The van der Waals surface area contributed by atoms with Gasteiger partial charge in [0.25, 0.3) is 5.91 Å². The lowest BCUT2D eigenvalue weighted by Gasteiger charge is -2.44. The predicted molar refractivity (Wildman–Crippen MR) is 125 cm³/mol. The van der Waals surface area contributed by atoms with E-state index < -0.39 is 5.54 Å². The lowest BCUT2D eigenvalue weighted by molar-refractivity contribution is -0.127. The van der Waals surface area contributed by atoms with Crippen molar-refractivity contribution < 1.29 is 19.1 Å². The highest BCUT2D eigenvalue weighted by molar-refractivity contribution is 6.14. The summed E-state index contributed by atoms with van der Waals surface area (Å²) in [6.45, 7) is 3.19. The van der Waals surface area contributed by atoms with Gasteiger partial charge in [-0.3, -0.25) is 14.5 Å². The van der Waals surface area contributed by atoms with Gasteiger partial charge in [0.1, 0.15) is 24.4 Å². The molecule has 0 bridgehead atoms. The number of nitrogens with one attached hydrogen (secondary N) is 1. The van der Waals surface area contributed by atoms with Crippen LogP contribution in [-0.2, 0) is 11.3 Å². The van der Waals surface area contributed by atoms with E-state index >= 15 is 0 Å². The molecular formula is C26H27N3O4. The summed E-state index contributed by atoms with van der Waals surface area (Å²) in [4.78, 5) is 29.4. The van der Waals surface area contributed by atoms with Gasteiger partial charge < -0.3 is 19.4 Å².